The average Bonchev–Trinajstić information content (AvgIpc) is 3.24. The summed E-state index contributed by atoms with van der Waals surface area (Å²) in [4.78, 5) is 12.7. The molecule has 0 saturated carbocycles. The Balaban J connectivity index is 1.67. The highest BCUT2D eigenvalue weighted by Gasteiger charge is 2.17. The predicted molar refractivity (Wildman–Crippen MR) is 129 cm³/mol. The van der Waals surface area contributed by atoms with E-state index in [1.165, 1.54) is 0 Å². The molecule has 0 aliphatic rings. The number of hydrogen-bond donors (Lipinski definition) is 1. The first kappa shape index (κ1) is 21.1. The van der Waals surface area contributed by atoms with Gasteiger partial charge in [0.25, 0.3) is 0 Å². The van der Waals surface area contributed by atoms with Crippen molar-refractivity contribution < 1.29 is 9.53 Å². The Labute approximate surface area is 187 Å². The van der Waals surface area contributed by atoms with Crippen molar-refractivity contribution in [2.75, 3.05) is 6.61 Å². The number of nitrogens with two attached hydrogens (primary N) is 1. The zero-order chi connectivity index (χ0) is 22.3. The summed E-state index contributed by atoms with van der Waals surface area (Å²) in [6.45, 7) is 2.76. The number of aromatic nitrogens is 1. The van der Waals surface area contributed by atoms with Gasteiger partial charge in [-0.15, -0.1) is 0 Å². The Kier molecular flexibility index (Phi) is 6.46. The molecule has 4 aromatic rings. The molecule has 0 atom stereocenters. The standard InChI is InChI=1S/C27H25N3O2/c1-2-32-27(31)26-19-30(17-21-8-6-7-20(15-21)16-29-28)18-25(26)24-13-11-23(12-14-24)22-9-4-3-5-10-22/h3-16,18-19H,2,17,28H2,1H3. The highest BCUT2D eigenvalue weighted by molar-refractivity contribution is 5.97. The van der Waals surface area contributed by atoms with Crippen LogP contribution in [0.1, 0.15) is 28.4 Å². The molecule has 0 fully saturated rings. The summed E-state index contributed by atoms with van der Waals surface area (Å²) in [5.41, 5.74) is 6.67. The summed E-state index contributed by atoms with van der Waals surface area (Å²) in [5.74, 6) is 4.95. The number of hydrazone groups is 1. The molecule has 0 aliphatic heterocycles. The van der Waals surface area contributed by atoms with Crippen LogP contribution in [0.3, 0.4) is 0 Å². The number of rotatable bonds is 7. The Bertz CT molecular complexity index is 1230. The second kappa shape index (κ2) is 9.79. The zero-order valence-corrected chi connectivity index (χ0v) is 17.9. The van der Waals surface area contributed by atoms with Crippen molar-refractivity contribution in [2.45, 2.75) is 13.5 Å². The highest BCUT2D eigenvalue weighted by atomic mass is 16.5. The number of ether oxygens (including phenoxy) is 1. The van der Waals surface area contributed by atoms with E-state index in [1.807, 2.05) is 78.5 Å². The fourth-order valence-electron chi connectivity index (χ4n) is 3.74. The molecule has 5 nitrogen and oxygen atoms in total. The first-order chi connectivity index (χ1) is 15.7. The third-order valence-corrected chi connectivity index (χ3v) is 5.22. The van der Waals surface area contributed by atoms with Crippen LogP contribution in [0.15, 0.2) is 96.4 Å². The van der Waals surface area contributed by atoms with Crippen LogP contribution in [0, 0.1) is 0 Å². The van der Waals surface area contributed by atoms with Crippen LogP contribution in [0.25, 0.3) is 22.3 Å². The molecule has 4 rings (SSSR count). The predicted octanol–water partition coefficient (Wildman–Crippen LogP) is 5.34. The second-order valence-electron chi connectivity index (χ2n) is 7.44. The van der Waals surface area contributed by atoms with Gasteiger partial charge in [0, 0.05) is 24.5 Å². The van der Waals surface area contributed by atoms with E-state index in [1.54, 1.807) is 6.21 Å². The summed E-state index contributed by atoms with van der Waals surface area (Å²) < 4.78 is 7.32. The molecule has 0 spiro atoms. The quantitative estimate of drug-likeness (QED) is 0.189. The fraction of sp³-hybridized carbons (Fsp3) is 0.111. The van der Waals surface area contributed by atoms with Gasteiger partial charge in [-0.1, -0.05) is 72.8 Å². The van der Waals surface area contributed by atoms with E-state index in [9.17, 15) is 4.79 Å². The molecule has 1 heterocycles. The van der Waals surface area contributed by atoms with Crippen LogP contribution in [-0.2, 0) is 11.3 Å². The van der Waals surface area contributed by atoms with Gasteiger partial charge >= 0.3 is 5.97 Å². The minimum atomic E-state index is -0.322. The number of carbonyl (C=O) groups excluding carboxylic acids is 1. The second-order valence-corrected chi connectivity index (χ2v) is 7.44. The molecule has 0 radical (unpaired) electrons. The largest absolute Gasteiger partial charge is 0.462 e. The smallest absolute Gasteiger partial charge is 0.340 e. The van der Waals surface area contributed by atoms with Gasteiger partial charge in [0.15, 0.2) is 0 Å². The lowest BCUT2D eigenvalue weighted by molar-refractivity contribution is 0.0527. The van der Waals surface area contributed by atoms with E-state index < -0.39 is 0 Å². The van der Waals surface area contributed by atoms with Gasteiger partial charge < -0.3 is 15.1 Å². The Morgan fingerprint density at radius 3 is 2.38 bits per heavy atom. The van der Waals surface area contributed by atoms with E-state index >= 15 is 0 Å². The van der Waals surface area contributed by atoms with E-state index in [0.29, 0.717) is 18.7 Å². The minimum Gasteiger partial charge on any atom is -0.462 e. The van der Waals surface area contributed by atoms with Gasteiger partial charge in [0.05, 0.1) is 18.4 Å². The first-order valence-electron chi connectivity index (χ1n) is 10.5. The van der Waals surface area contributed by atoms with Crippen molar-refractivity contribution in [3.8, 4) is 22.3 Å². The molecular weight excluding hydrogens is 398 g/mol. The third kappa shape index (κ3) is 4.78. The van der Waals surface area contributed by atoms with Crippen LogP contribution in [0.2, 0.25) is 0 Å². The third-order valence-electron chi connectivity index (χ3n) is 5.22. The number of esters is 1. The average molecular weight is 424 g/mol. The van der Waals surface area contributed by atoms with Crippen LogP contribution < -0.4 is 5.84 Å². The summed E-state index contributed by atoms with van der Waals surface area (Å²) >= 11 is 0. The highest BCUT2D eigenvalue weighted by Crippen LogP contribution is 2.29. The van der Waals surface area contributed by atoms with Crippen LogP contribution in [0.4, 0.5) is 0 Å². The van der Waals surface area contributed by atoms with Crippen molar-refractivity contribution in [3.63, 3.8) is 0 Å². The zero-order valence-electron chi connectivity index (χ0n) is 17.9. The molecule has 1 aromatic heterocycles. The maximum atomic E-state index is 12.7. The SMILES string of the molecule is CCOC(=O)c1cn(Cc2cccc(C=NN)c2)cc1-c1ccc(-c2ccccc2)cc1. The normalized spacial score (nSPS) is 11.0. The van der Waals surface area contributed by atoms with Gasteiger partial charge in [0.2, 0.25) is 0 Å². The van der Waals surface area contributed by atoms with Crippen molar-refractivity contribution in [1.82, 2.24) is 4.57 Å². The van der Waals surface area contributed by atoms with E-state index in [2.05, 4.69) is 29.4 Å². The lowest BCUT2D eigenvalue weighted by Crippen LogP contribution is -2.05. The molecule has 0 saturated heterocycles. The van der Waals surface area contributed by atoms with E-state index in [-0.39, 0.29) is 5.97 Å². The Hall–Kier alpha value is -4.12. The molecule has 0 aliphatic carbocycles. The van der Waals surface area contributed by atoms with Crippen LogP contribution in [0.5, 0.6) is 0 Å². The molecule has 3 aromatic carbocycles. The van der Waals surface area contributed by atoms with E-state index in [4.69, 9.17) is 10.6 Å². The molecule has 0 amide bonds. The molecule has 0 bridgehead atoms. The first-order valence-corrected chi connectivity index (χ1v) is 10.5. The van der Waals surface area contributed by atoms with Crippen molar-refractivity contribution in [2.24, 2.45) is 10.9 Å². The fourth-order valence-corrected chi connectivity index (χ4v) is 3.74. The molecule has 5 heteroatoms. The number of carbonyl (C=O) groups is 1. The summed E-state index contributed by atoms with van der Waals surface area (Å²) in [6, 6.07) is 26.4. The van der Waals surface area contributed by atoms with Crippen molar-refractivity contribution >= 4 is 12.2 Å². The topological polar surface area (TPSA) is 69.6 Å². The molecular formula is C27H25N3O2. The van der Waals surface area contributed by atoms with E-state index in [0.717, 1.165) is 33.4 Å². The maximum Gasteiger partial charge on any atom is 0.340 e. The molecule has 0 unspecified atom stereocenters. The molecule has 160 valence electrons. The maximum absolute atomic E-state index is 12.7. The van der Waals surface area contributed by atoms with Gasteiger partial charge in [-0.2, -0.15) is 5.10 Å². The number of nitrogens with zero attached hydrogens (tertiary/aromatic N) is 2. The van der Waals surface area contributed by atoms with Crippen LogP contribution >= 0.6 is 0 Å². The lowest BCUT2D eigenvalue weighted by atomic mass is 10.00. The van der Waals surface area contributed by atoms with Gasteiger partial charge in [0.1, 0.15) is 0 Å². The summed E-state index contributed by atoms with van der Waals surface area (Å²) in [7, 11) is 0. The van der Waals surface area contributed by atoms with Crippen LogP contribution in [-0.4, -0.2) is 23.4 Å². The van der Waals surface area contributed by atoms with Crippen molar-refractivity contribution in [3.05, 3.63) is 108 Å². The number of benzene rings is 3. The van der Waals surface area contributed by atoms with Gasteiger partial charge in [-0.25, -0.2) is 4.79 Å². The monoisotopic (exact) mass is 423 g/mol. The molecule has 32 heavy (non-hydrogen) atoms. The Morgan fingerprint density at radius 2 is 1.66 bits per heavy atom. The Morgan fingerprint density at radius 1 is 0.938 bits per heavy atom. The number of hydrogen-bond acceptors (Lipinski definition) is 4. The molecule has 2 N–H and O–H groups in total. The van der Waals surface area contributed by atoms with Gasteiger partial charge in [-0.3, -0.25) is 0 Å². The minimum absolute atomic E-state index is 0.322. The lowest BCUT2D eigenvalue weighted by Gasteiger charge is -2.06. The summed E-state index contributed by atoms with van der Waals surface area (Å²) in [5, 5.41) is 3.59. The van der Waals surface area contributed by atoms with Crippen molar-refractivity contribution in [1.29, 1.82) is 0 Å². The van der Waals surface area contributed by atoms with Gasteiger partial charge in [-0.05, 0) is 40.8 Å². The summed E-state index contributed by atoms with van der Waals surface area (Å²) in [6.07, 6.45) is 5.46.